The third-order valence-corrected chi connectivity index (χ3v) is 2.36. The van der Waals surface area contributed by atoms with Crippen LogP contribution in [0.4, 0.5) is 4.79 Å². The molecule has 0 radical (unpaired) electrons. The molecule has 1 saturated heterocycles. The molecule has 0 saturated carbocycles. The van der Waals surface area contributed by atoms with Gasteiger partial charge < -0.3 is 0 Å². The summed E-state index contributed by atoms with van der Waals surface area (Å²) in [7, 11) is 1.31. The van der Waals surface area contributed by atoms with Crippen LogP contribution in [-0.2, 0) is 9.59 Å². The van der Waals surface area contributed by atoms with Gasteiger partial charge in [0, 0.05) is 13.6 Å². The van der Waals surface area contributed by atoms with Gasteiger partial charge in [0.15, 0.2) is 0 Å². The number of hydrogen-bond acceptors (Lipinski definition) is 4. The van der Waals surface area contributed by atoms with Crippen LogP contribution in [0.25, 0.3) is 0 Å². The molecule has 78 valence electrons. The van der Waals surface area contributed by atoms with Crippen LogP contribution in [-0.4, -0.2) is 47.0 Å². The van der Waals surface area contributed by atoms with E-state index in [4.69, 9.17) is 0 Å². The van der Waals surface area contributed by atoms with Crippen LogP contribution in [0.15, 0.2) is 0 Å². The van der Waals surface area contributed by atoms with Gasteiger partial charge in [0.25, 0.3) is 0 Å². The van der Waals surface area contributed by atoms with Gasteiger partial charge in [0.1, 0.15) is 0 Å². The van der Waals surface area contributed by atoms with E-state index in [1.165, 1.54) is 7.05 Å². The Morgan fingerprint density at radius 3 is 2.21 bits per heavy atom. The molecule has 0 unspecified atom stereocenters. The predicted molar refractivity (Wildman–Crippen MR) is 53.0 cm³/mol. The van der Waals surface area contributed by atoms with E-state index >= 15 is 0 Å². The lowest BCUT2D eigenvalue weighted by atomic mass is 10.3. The van der Waals surface area contributed by atoms with E-state index in [1.807, 2.05) is 0 Å². The lowest BCUT2D eigenvalue weighted by Gasteiger charge is -2.11. The summed E-state index contributed by atoms with van der Waals surface area (Å²) >= 11 is 4.01. The average molecular weight is 216 g/mol. The Balaban J connectivity index is 2.57. The number of imide groups is 2. The van der Waals surface area contributed by atoms with Crippen molar-refractivity contribution in [1.29, 1.82) is 0 Å². The molecule has 1 fully saturated rings. The fourth-order valence-corrected chi connectivity index (χ4v) is 1.42. The van der Waals surface area contributed by atoms with Crippen LogP contribution in [0, 0.1) is 0 Å². The lowest BCUT2D eigenvalue weighted by Crippen LogP contribution is -2.32. The van der Waals surface area contributed by atoms with Gasteiger partial charge in [-0.1, -0.05) is 0 Å². The fourth-order valence-electron chi connectivity index (χ4n) is 1.19. The molecule has 1 heterocycles. The summed E-state index contributed by atoms with van der Waals surface area (Å²) in [6.45, 7) is 0.300. The van der Waals surface area contributed by atoms with Crippen molar-refractivity contribution >= 4 is 30.5 Å². The second kappa shape index (κ2) is 4.45. The van der Waals surface area contributed by atoms with E-state index in [-0.39, 0.29) is 0 Å². The molecular weight excluding hydrogens is 204 g/mol. The monoisotopic (exact) mass is 216 g/mol. The summed E-state index contributed by atoms with van der Waals surface area (Å²) in [5.74, 6) is -0.766. The van der Waals surface area contributed by atoms with Crippen LogP contribution < -0.4 is 0 Å². The Hall–Kier alpha value is -1.04. The van der Waals surface area contributed by atoms with Gasteiger partial charge >= 0.3 is 17.8 Å². The molecule has 0 aromatic heterocycles. The van der Waals surface area contributed by atoms with Crippen LogP contribution in [0.3, 0.4) is 0 Å². The third-order valence-electron chi connectivity index (χ3n) is 2.04. The Kier molecular flexibility index (Phi) is 3.51. The molecule has 1 rings (SSSR count). The van der Waals surface area contributed by atoms with Crippen molar-refractivity contribution in [1.82, 2.24) is 9.80 Å². The number of urea groups is 1. The summed E-state index contributed by atoms with van der Waals surface area (Å²) in [6.07, 6.45) is 1.50. The average Bonchev–Trinajstić information content (AvgIpc) is 2.35. The van der Waals surface area contributed by atoms with Crippen LogP contribution >= 0.6 is 12.6 Å². The minimum Gasteiger partial charge on any atom is -0.263 e. The minimum atomic E-state index is -0.749. The number of likely N-dealkylation sites (N-methyl/N-ethyl adjacent to an activating group) is 1. The molecule has 0 spiro atoms. The van der Waals surface area contributed by atoms with Crippen molar-refractivity contribution in [2.45, 2.75) is 12.8 Å². The third kappa shape index (κ3) is 1.89. The summed E-state index contributed by atoms with van der Waals surface area (Å²) in [4.78, 5) is 35.4. The molecule has 0 aromatic rings. The molecule has 1 aliphatic heterocycles. The topological polar surface area (TPSA) is 57.7 Å². The summed E-state index contributed by atoms with van der Waals surface area (Å²) in [5.41, 5.74) is 0. The van der Waals surface area contributed by atoms with Crippen molar-refractivity contribution in [2.75, 3.05) is 19.3 Å². The molecule has 14 heavy (non-hydrogen) atoms. The minimum absolute atomic E-state index is 0.300. The second-order valence-electron chi connectivity index (χ2n) is 3.03. The molecule has 6 heteroatoms. The first-order valence-corrected chi connectivity index (χ1v) is 4.97. The number of thiol groups is 1. The fraction of sp³-hybridized carbons (Fsp3) is 0.625. The van der Waals surface area contributed by atoms with Gasteiger partial charge in [-0.2, -0.15) is 12.6 Å². The first kappa shape index (κ1) is 11.0. The quantitative estimate of drug-likeness (QED) is 0.314. The number of unbranched alkanes of at least 4 members (excludes halogenated alkanes) is 1. The molecule has 1 aliphatic rings. The van der Waals surface area contributed by atoms with E-state index < -0.39 is 17.8 Å². The summed E-state index contributed by atoms with van der Waals surface area (Å²) in [5, 5.41) is 0. The molecule has 0 aromatic carbocycles. The van der Waals surface area contributed by atoms with Gasteiger partial charge in [0.2, 0.25) is 0 Å². The standard InChI is InChI=1S/C8H12N2O3S/c1-9-6(11)7(12)10(8(9)13)4-2-3-5-14/h14H,2-5H2,1H3. The van der Waals surface area contributed by atoms with E-state index in [0.717, 1.165) is 16.2 Å². The maximum Gasteiger partial charge on any atom is 0.333 e. The van der Waals surface area contributed by atoms with E-state index in [2.05, 4.69) is 12.6 Å². The van der Waals surface area contributed by atoms with Crippen molar-refractivity contribution in [2.24, 2.45) is 0 Å². The maximum absolute atomic E-state index is 11.3. The normalized spacial score (nSPS) is 17.1. The highest BCUT2D eigenvalue weighted by Gasteiger charge is 2.41. The largest absolute Gasteiger partial charge is 0.333 e. The summed E-state index contributed by atoms with van der Waals surface area (Å²) < 4.78 is 0. The first-order chi connectivity index (χ1) is 6.59. The number of hydrogen-bond donors (Lipinski definition) is 1. The molecule has 4 amide bonds. The van der Waals surface area contributed by atoms with Crippen LogP contribution in [0.5, 0.6) is 0 Å². The van der Waals surface area contributed by atoms with Gasteiger partial charge in [-0.15, -0.1) is 0 Å². The molecular formula is C8H12N2O3S. The number of nitrogens with zero attached hydrogens (tertiary/aromatic N) is 2. The van der Waals surface area contributed by atoms with Crippen molar-refractivity contribution < 1.29 is 14.4 Å². The molecule has 5 nitrogen and oxygen atoms in total. The number of amides is 4. The van der Waals surface area contributed by atoms with Gasteiger partial charge in [-0.25, -0.2) is 4.79 Å². The van der Waals surface area contributed by atoms with Crippen LogP contribution in [0.2, 0.25) is 0 Å². The van der Waals surface area contributed by atoms with E-state index in [9.17, 15) is 14.4 Å². The Bertz CT molecular complexity index is 280. The Morgan fingerprint density at radius 2 is 1.79 bits per heavy atom. The number of carbonyl (C=O) groups is 3. The van der Waals surface area contributed by atoms with Gasteiger partial charge in [-0.05, 0) is 18.6 Å². The first-order valence-electron chi connectivity index (χ1n) is 4.34. The molecule has 0 aliphatic carbocycles. The molecule has 0 atom stereocenters. The van der Waals surface area contributed by atoms with Crippen molar-refractivity contribution in [3.05, 3.63) is 0 Å². The number of carbonyl (C=O) groups excluding carboxylic acids is 3. The molecule has 0 bridgehead atoms. The SMILES string of the molecule is CN1C(=O)C(=O)N(CCCCS)C1=O. The van der Waals surface area contributed by atoms with E-state index in [1.54, 1.807) is 0 Å². The smallest absolute Gasteiger partial charge is 0.263 e. The Labute approximate surface area is 87.4 Å². The van der Waals surface area contributed by atoms with Crippen LogP contribution in [0.1, 0.15) is 12.8 Å². The maximum atomic E-state index is 11.3. The highest BCUT2D eigenvalue weighted by Crippen LogP contribution is 2.10. The van der Waals surface area contributed by atoms with Crippen molar-refractivity contribution in [3.63, 3.8) is 0 Å². The zero-order valence-corrected chi connectivity index (χ0v) is 8.79. The zero-order chi connectivity index (χ0) is 10.7. The Morgan fingerprint density at radius 1 is 1.14 bits per heavy atom. The predicted octanol–water partition coefficient (Wildman–Crippen LogP) is 0.117. The van der Waals surface area contributed by atoms with Gasteiger partial charge in [-0.3, -0.25) is 19.4 Å². The summed E-state index contributed by atoms with van der Waals surface area (Å²) in [6, 6.07) is -0.529. The van der Waals surface area contributed by atoms with Crippen molar-refractivity contribution in [3.8, 4) is 0 Å². The highest BCUT2D eigenvalue weighted by atomic mass is 32.1. The lowest BCUT2D eigenvalue weighted by molar-refractivity contribution is -0.142. The number of rotatable bonds is 4. The van der Waals surface area contributed by atoms with E-state index in [0.29, 0.717) is 18.7 Å². The highest BCUT2D eigenvalue weighted by molar-refractivity contribution is 7.80. The second-order valence-corrected chi connectivity index (χ2v) is 3.48. The zero-order valence-electron chi connectivity index (χ0n) is 7.89. The molecule has 0 N–H and O–H groups in total. The van der Waals surface area contributed by atoms with Gasteiger partial charge in [0.05, 0.1) is 0 Å².